The lowest BCUT2D eigenvalue weighted by Crippen LogP contribution is -2.24. The maximum atomic E-state index is 12.5. The standard InChI is InChI=1S/C22H32N2O4S/c1-5-24(6-2)14-8-7-9-20(25)15-29(26,27)16-21-18(4)28-22(23-21)19-12-10-17(3)11-13-19/h10-13H,5-9,14-16H2,1-4H3. The summed E-state index contributed by atoms with van der Waals surface area (Å²) in [6.45, 7) is 10.8. The normalized spacial score (nSPS) is 11.9. The minimum absolute atomic E-state index is 0.232. The van der Waals surface area contributed by atoms with Crippen molar-refractivity contribution in [3.05, 3.63) is 41.3 Å². The number of hydrogen-bond donors (Lipinski definition) is 0. The van der Waals surface area contributed by atoms with E-state index in [4.69, 9.17) is 4.42 Å². The van der Waals surface area contributed by atoms with Gasteiger partial charge in [-0.15, -0.1) is 0 Å². The van der Waals surface area contributed by atoms with Crippen molar-refractivity contribution in [3.8, 4) is 11.5 Å². The van der Waals surface area contributed by atoms with Crippen LogP contribution < -0.4 is 0 Å². The van der Waals surface area contributed by atoms with Crippen LogP contribution in [0.15, 0.2) is 28.7 Å². The number of aryl methyl sites for hydroxylation is 2. The molecule has 0 radical (unpaired) electrons. The van der Waals surface area contributed by atoms with Gasteiger partial charge in [-0.25, -0.2) is 13.4 Å². The molecular formula is C22H32N2O4S. The van der Waals surface area contributed by atoms with Gasteiger partial charge < -0.3 is 9.32 Å². The zero-order valence-corrected chi connectivity index (χ0v) is 18.7. The number of Topliss-reactive ketones (excluding diaryl/α,β-unsaturated/α-hetero) is 1. The Kier molecular flexibility index (Phi) is 8.59. The van der Waals surface area contributed by atoms with Gasteiger partial charge in [-0.05, 0) is 58.5 Å². The molecule has 0 spiro atoms. The van der Waals surface area contributed by atoms with E-state index in [9.17, 15) is 13.2 Å². The average molecular weight is 421 g/mol. The molecule has 0 bridgehead atoms. The van der Waals surface area contributed by atoms with Crippen molar-refractivity contribution in [2.24, 2.45) is 0 Å². The summed E-state index contributed by atoms with van der Waals surface area (Å²) in [6.07, 6.45) is 1.91. The number of oxazole rings is 1. The van der Waals surface area contributed by atoms with Gasteiger partial charge in [0.1, 0.15) is 17.3 Å². The molecule has 0 amide bonds. The fraction of sp³-hybridized carbons (Fsp3) is 0.545. The molecule has 0 aliphatic carbocycles. The van der Waals surface area contributed by atoms with Crippen LogP contribution in [0.3, 0.4) is 0 Å². The first-order valence-electron chi connectivity index (χ1n) is 10.2. The third kappa shape index (κ3) is 7.40. The SMILES string of the molecule is CCN(CC)CCCCC(=O)CS(=O)(=O)Cc1nc(-c2ccc(C)cc2)oc1C. The third-order valence-corrected chi connectivity index (χ3v) is 6.48. The summed E-state index contributed by atoms with van der Waals surface area (Å²) in [5, 5.41) is 0. The maximum absolute atomic E-state index is 12.5. The number of carbonyl (C=O) groups is 1. The number of sulfone groups is 1. The first-order chi connectivity index (χ1) is 13.7. The van der Waals surface area contributed by atoms with E-state index in [-0.39, 0.29) is 11.5 Å². The van der Waals surface area contributed by atoms with Gasteiger partial charge in [0.15, 0.2) is 9.84 Å². The molecule has 7 heteroatoms. The second kappa shape index (κ2) is 10.7. The molecule has 0 aliphatic rings. The number of unbranched alkanes of at least 4 members (excludes halogenated alkanes) is 1. The Morgan fingerprint density at radius 2 is 1.72 bits per heavy atom. The van der Waals surface area contributed by atoms with E-state index in [1.54, 1.807) is 6.92 Å². The van der Waals surface area contributed by atoms with Crippen LogP contribution >= 0.6 is 0 Å². The number of carbonyl (C=O) groups excluding carboxylic acids is 1. The van der Waals surface area contributed by atoms with Gasteiger partial charge in [0.2, 0.25) is 5.89 Å². The highest BCUT2D eigenvalue weighted by atomic mass is 32.2. The van der Waals surface area contributed by atoms with Crippen LogP contribution in [0.2, 0.25) is 0 Å². The van der Waals surface area contributed by atoms with E-state index >= 15 is 0 Å². The number of hydrogen-bond acceptors (Lipinski definition) is 6. The van der Waals surface area contributed by atoms with E-state index in [0.717, 1.165) is 37.2 Å². The molecule has 2 aromatic rings. The molecule has 0 saturated carbocycles. The zero-order chi connectivity index (χ0) is 21.4. The van der Waals surface area contributed by atoms with Gasteiger partial charge in [0.05, 0.1) is 11.4 Å². The van der Waals surface area contributed by atoms with Crippen molar-refractivity contribution < 1.29 is 17.6 Å². The molecule has 1 aromatic heterocycles. The van der Waals surface area contributed by atoms with Crippen LogP contribution in [-0.2, 0) is 20.4 Å². The summed E-state index contributed by atoms with van der Waals surface area (Å²) >= 11 is 0. The van der Waals surface area contributed by atoms with Crippen molar-refractivity contribution in [2.75, 3.05) is 25.4 Å². The largest absolute Gasteiger partial charge is 0.441 e. The topological polar surface area (TPSA) is 80.5 Å². The van der Waals surface area contributed by atoms with Gasteiger partial charge in [0.25, 0.3) is 0 Å². The van der Waals surface area contributed by atoms with Gasteiger partial charge in [-0.1, -0.05) is 31.5 Å². The van der Waals surface area contributed by atoms with E-state index in [1.165, 1.54) is 0 Å². The van der Waals surface area contributed by atoms with Crippen molar-refractivity contribution in [3.63, 3.8) is 0 Å². The predicted octanol–water partition coefficient (Wildman–Crippen LogP) is 3.95. The number of rotatable bonds is 12. The lowest BCUT2D eigenvalue weighted by molar-refractivity contribution is -0.116. The lowest BCUT2D eigenvalue weighted by atomic mass is 10.1. The number of ketones is 1. The minimum Gasteiger partial charge on any atom is -0.441 e. The summed E-state index contributed by atoms with van der Waals surface area (Å²) in [6, 6.07) is 7.68. The number of nitrogens with zero attached hydrogens (tertiary/aromatic N) is 2. The smallest absolute Gasteiger partial charge is 0.226 e. The van der Waals surface area contributed by atoms with E-state index in [0.29, 0.717) is 30.2 Å². The number of aromatic nitrogens is 1. The molecule has 0 unspecified atom stereocenters. The molecule has 29 heavy (non-hydrogen) atoms. The Morgan fingerprint density at radius 1 is 1.07 bits per heavy atom. The van der Waals surface area contributed by atoms with Crippen LogP contribution in [0.25, 0.3) is 11.5 Å². The van der Waals surface area contributed by atoms with Crippen molar-refractivity contribution in [2.45, 2.75) is 52.7 Å². The van der Waals surface area contributed by atoms with Crippen LogP contribution in [0.1, 0.15) is 50.1 Å². The highest BCUT2D eigenvalue weighted by Crippen LogP contribution is 2.23. The van der Waals surface area contributed by atoms with Crippen molar-refractivity contribution >= 4 is 15.6 Å². The highest BCUT2D eigenvalue weighted by Gasteiger charge is 2.22. The average Bonchev–Trinajstić information content (AvgIpc) is 3.01. The van der Waals surface area contributed by atoms with E-state index in [1.807, 2.05) is 31.2 Å². The van der Waals surface area contributed by atoms with Crippen LogP contribution in [0.5, 0.6) is 0 Å². The quantitative estimate of drug-likeness (QED) is 0.484. The molecule has 6 nitrogen and oxygen atoms in total. The molecule has 160 valence electrons. The van der Waals surface area contributed by atoms with Crippen LogP contribution in [-0.4, -0.2) is 49.5 Å². The summed E-state index contributed by atoms with van der Waals surface area (Å²) in [5.41, 5.74) is 2.29. The molecule has 0 N–H and O–H groups in total. The summed E-state index contributed by atoms with van der Waals surface area (Å²) < 4.78 is 30.6. The fourth-order valence-electron chi connectivity index (χ4n) is 3.16. The van der Waals surface area contributed by atoms with Crippen LogP contribution in [0.4, 0.5) is 0 Å². The molecule has 1 heterocycles. The third-order valence-electron chi connectivity index (χ3n) is 5.00. The summed E-state index contributed by atoms with van der Waals surface area (Å²) in [5.74, 6) is -0.0835. The monoisotopic (exact) mass is 420 g/mol. The van der Waals surface area contributed by atoms with Gasteiger partial charge >= 0.3 is 0 Å². The summed E-state index contributed by atoms with van der Waals surface area (Å²) in [4.78, 5) is 18.8. The first-order valence-corrected chi connectivity index (χ1v) is 12.0. The van der Waals surface area contributed by atoms with Gasteiger partial charge in [0, 0.05) is 12.0 Å². The molecule has 2 rings (SSSR count). The Labute approximate surface area is 174 Å². The van der Waals surface area contributed by atoms with Crippen molar-refractivity contribution in [1.29, 1.82) is 0 Å². The van der Waals surface area contributed by atoms with Gasteiger partial charge in [-0.2, -0.15) is 0 Å². The molecule has 0 atom stereocenters. The zero-order valence-electron chi connectivity index (χ0n) is 17.9. The van der Waals surface area contributed by atoms with Gasteiger partial charge in [-0.3, -0.25) is 4.79 Å². The lowest BCUT2D eigenvalue weighted by Gasteiger charge is -2.17. The van der Waals surface area contributed by atoms with E-state index in [2.05, 4.69) is 23.7 Å². The maximum Gasteiger partial charge on any atom is 0.226 e. The minimum atomic E-state index is -3.58. The molecule has 0 saturated heterocycles. The Balaban J connectivity index is 1.90. The molecule has 0 fully saturated rings. The predicted molar refractivity (Wildman–Crippen MR) is 116 cm³/mol. The fourth-order valence-corrected chi connectivity index (χ4v) is 4.58. The Hall–Kier alpha value is -1.99. The Morgan fingerprint density at radius 3 is 2.34 bits per heavy atom. The van der Waals surface area contributed by atoms with Crippen LogP contribution in [0, 0.1) is 13.8 Å². The van der Waals surface area contributed by atoms with E-state index < -0.39 is 15.6 Å². The first kappa shape index (κ1) is 23.3. The summed E-state index contributed by atoms with van der Waals surface area (Å²) in [7, 11) is -3.58. The molecular weight excluding hydrogens is 388 g/mol. The van der Waals surface area contributed by atoms with Crippen molar-refractivity contribution in [1.82, 2.24) is 9.88 Å². The number of benzene rings is 1. The Bertz CT molecular complexity index is 897. The highest BCUT2D eigenvalue weighted by molar-refractivity contribution is 7.91. The molecule has 1 aromatic carbocycles. The second-order valence-corrected chi connectivity index (χ2v) is 9.51. The second-order valence-electron chi connectivity index (χ2n) is 7.44. The molecule has 0 aliphatic heterocycles.